The van der Waals surface area contributed by atoms with E-state index in [2.05, 4.69) is 36.9 Å². The van der Waals surface area contributed by atoms with Crippen LogP contribution in [0.1, 0.15) is 20.8 Å². The standard InChI is InChI=1S/C22H23N3OS/c1-4-24(5-2)16-12-11-15-13-17(22(26)25(6-3)19(15)14-16)21-23-18-9-7-8-10-20(18)27-21/h7-14H,4-6H2,1-3H3. The molecule has 0 unspecified atom stereocenters. The Morgan fingerprint density at radius 3 is 2.52 bits per heavy atom. The third kappa shape index (κ3) is 3.02. The van der Waals surface area contributed by atoms with Gasteiger partial charge in [0.25, 0.3) is 5.56 Å². The van der Waals surface area contributed by atoms with E-state index in [-0.39, 0.29) is 5.56 Å². The van der Waals surface area contributed by atoms with Gasteiger partial charge in [-0.15, -0.1) is 11.3 Å². The highest BCUT2D eigenvalue weighted by Gasteiger charge is 2.15. The molecule has 4 aromatic rings. The molecule has 4 rings (SSSR count). The van der Waals surface area contributed by atoms with Crippen LogP contribution in [-0.2, 0) is 6.54 Å². The molecule has 0 N–H and O–H groups in total. The second-order valence-corrected chi connectivity index (χ2v) is 7.54. The van der Waals surface area contributed by atoms with Crippen LogP contribution < -0.4 is 10.5 Å². The van der Waals surface area contributed by atoms with Gasteiger partial charge in [0.05, 0.1) is 21.3 Å². The minimum atomic E-state index is 0.0285. The van der Waals surface area contributed by atoms with Gasteiger partial charge in [-0.25, -0.2) is 4.98 Å². The van der Waals surface area contributed by atoms with Crippen molar-refractivity contribution in [3.05, 3.63) is 58.9 Å². The quantitative estimate of drug-likeness (QED) is 0.483. The molecule has 0 atom stereocenters. The molecular formula is C22H23N3OS. The molecule has 0 amide bonds. The number of fused-ring (bicyclic) bond motifs is 2. The van der Waals surface area contributed by atoms with E-state index in [9.17, 15) is 4.79 Å². The van der Waals surface area contributed by atoms with Crippen LogP contribution in [0.3, 0.4) is 0 Å². The van der Waals surface area contributed by atoms with Gasteiger partial charge >= 0.3 is 0 Å². The Kier molecular flexibility index (Phi) is 4.70. The maximum atomic E-state index is 13.2. The van der Waals surface area contributed by atoms with Gasteiger partial charge in [-0.05, 0) is 56.5 Å². The number of para-hydroxylation sites is 1. The van der Waals surface area contributed by atoms with Crippen molar-refractivity contribution in [3.63, 3.8) is 0 Å². The lowest BCUT2D eigenvalue weighted by Gasteiger charge is -2.22. The summed E-state index contributed by atoms with van der Waals surface area (Å²) >= 11 is 1.57. The van der Waals surface area contributed by atoms with Gasteiger partial charge in [0, 0.05) is 25.3 Å². The van der Waals surface area contributed by atoms with Crippen molar-refractivity contribution in [3.8, 4) is 10.6 Å². The number of thiazole rings is 1. The van der Waals surface area contributed by atoms with Crippen molar-refractivity contribution < 1.29 is 0 Å². The third-order valence-corrected chi connectivity index (χ3v) is 6.12. The molecule has 2 heterocycles. The van der Waals surface area contributed by atoms with Gasteiger partial charge in [0.15, 0.2) is 0 Å². The fourth-order valence-electron chi connectivity index (χ4n) is 3.60. The van der Waals surface area contributed by atoms with Gasteiger partial charge in [0.2, 0.25) is 0 Å². The highest BCUT2D eigenvalue weighted by atomic mass is 32.1. The van der Waals surface area contributed by atoms with Crippen molar-refractivity contribution >= 4 is 38.1 Å². The smallest absolute Gasteiger partial charge is 0.261 e. The maximum absolute atomic E-state index is 13.2. The van der Waals surface area contributed by atoms with Crippen LogP contribution >= 0.6 is 11.3 Å². The van der Waals surface area contributed by atoms with E-state index in [1.807, 2.05) is 41.8 Å². The van der Waals surface area contributed by atoms with E-state index in [1.165, 1.54) is 0 Å². The van der Waals surface area contributed by atoms with Crippen molar-refractivity contribution in [2.75, 3.05) is 18.0 Å². The van der Waals surface area contributed by atoms with Crippen LogP contribution in [0.4, 0.5) is 5.69 Å². The normalized spacial score (nSPS) is 11.4. The number of aromatic nitrogens is 2. The zero-order valence-electron chi connectivity index (χ0n) is 15.9. The van der Waals surface area contributed by atoms with E-state index in [0.717, 1.165) is 44.9 Å². The highest BCUT2D eigenvalue weighted by molar-refractivity contribution is 7.21. The summed E-state index contributed by atoms with van der Waals surface area (Å²) in [6.45, 7) is 8.85. The molecule has 2 aromatic carbocycles. The summed E-state index contributed by atoms with van der Waals surface area (Å²) in [6.07, 6.45) is 0. The number of hydrogen-bond donors (Lipinski definition) is 0. The summed E-state index contributed by atoms with van der Waals surface area (Å²) in [5.74, 6) is 0. The Bertz CT molecular complexity index is 1140. The minimum absolute atomic E-state index is 0.0285. The molecule has 0 bridgehead atoms. The monoisotopic (exact) mass is 377 g/mol. The van der Waals surface area contributed by atoms with Gasteiger partial charge in [-0.3, -0.25) is 4.79 Å². The molecular weight excluding hydrogens is 354 g/mol. The van der Waals surface area contributed by atoms with Gasteiger partial charge in [-0.2, -0.15) is 0 Å². The Morgan fingerprint density at radius 1 is 1.04 bits per heavy atom. The first-order valence-corrected chi connectivity index (χ1v) is 10.3. The summed E-state index contributed by atoms with van der Waals surface area (Å²) < 4.78 is 2.97. The molecule has 0 radical (unpaired) electrons. The van der Waals surface area contributed by atoms with Crippen molar-refractivity contribution in [1.82, 2.24) is 9.55 Å². The molecule has 0 spiro atoms. The lowest BCUT2D eigenvalue weighted by molar-refractivity contribution is 0.761. The van der Waals surface area contributed by atoms with Crippen LogP contribution in [0.5, 0.6) is 0 Å². The Labute approximate surface area is 162 Å². The largest absolute Gasteiger partial charge is 0.372 e. The second-order valence-electron chi connectivity index (χ2n) is 6.51. The number of pyridine rings is 1. The first-order valence-electron chi connectivity index (χ1n) is 9.44. The molecule has 138 valence electrons. The predicted octanol–water partition coefficient (Wildman–Crippen LogP) is 5.14. The average molecular weight is 378 g/mol. The molecule has 0 saturated carbocycles. The minimum Gasteiger partial charge on any atom is -0.372 e. The average Bonchev–Trinajstić information content (AvgIpc) is 3.12. The fraction of sp³-hybridized carbons (Fsp3) is 0.273. The van der Waals surface area contributed by atoms with Crippen LogP contribution in [0.25, 0.3) is 31.7 Å². The molecule has 0 aliphatic rings. The zero-order chi connectivity index (χ0) is 19.0. The van der Waals surface area contributed by atoms with E-state index >= 15 is 0 Å². The van der Waals surface area contributed by atoms with Gasteiger partial charge < -0.3 is 9.47 Å². The number of nitrogens with zero attached hydrogens (tertiary/aromatic N) is 3. The molecule has 5 heteroatoms. The topological polar surface area (TPSA) is 38.1 Å². The number of hydrogen-bond acceptors (Lipinski definition) is 4. The fourth-order valence-corrected chi connectivity index (χ4v) is 4.57. The molecule has 4 nitrogen and oxygen atoms in total. The summed E-state index contributed by atoms with van der Waals surface area (Å²) in [7, 11) is 0. The molecule has 0 saturated heterocycles. The zero-order valence-corrected chi connectivity index (χ0v) is 16.7. The first kappa shape index (κ1) is 17.7. The molecule has 0 aliphatic heterocycles. The summed E-state index contributed by atoms with van der Waals surface area (Å²) in [5, 5.41) is 1.86. The highest BCUT2D eigenvalue weighted by Crippen LogP contribution is 2.30. The SMILES string of the molecule is CCN(CC)c1ccc2cc(-c3nc4ccccc4s3)c(=O)n(CC)c2c1. The maximum Gasteiger partial charge on any atom is 0.261 e. The van der Waals surface area contributed by atoms with Crippen LogP contribution in [0, 0.1) is 0 Å². The van der Waals surface area contributed by atoms with Gasteiger partial charge in [-0.1, -0.05) is 18.2 Å². The van der Waals surface area contributed by atoms with Gasteiger partial charge in [0.1, 0.15) is 5.01 Å². The summed E-state index contributed by atoms with van der Waals surface area (Å²) in [6, 6.07) is 16.4. The lowest BCUT2D eigenvalue weighted by atomic mass is 10.1. The van der Waals surface area contributed by atoms with Crippen molar-refractivity contribution in [2.24, 2.45) is 0 Å². The Balaban J connectivity index is 1.94. The lowest BCUT2D eigenvalue weighted by Crippen LogP contribution is -2.23. The summed E-state index contributed by atoms with van der Waals surface area (Å²) in [4.78, 5) is 20.2. The first-order chi connectivity index (χ1) is 13.2. The molecule has 2 aromatic heterocycles. The number of rotatable bonds is 5. The molecule has 0 aliphatic carbocycles. The van der Waals surface area contributed by atoms with E-state index < -0.39 is 0 Å². The number of benzene rings is 2. The number of anilines is 1. The van der Waals surface area contributed by atoms with Crippen molar-refractivity contribution in [2.45, 2.75) is 27.3 Å². The molecule has 0 fully saturated rings. The molecule has 27 heavy (non-hydrogen) atoms. The Hall–Kier alpha value is -2.66. The Morgan fingerprint density at radius 2 is 1.81 bits per heavy atom. The van der Waals surface area contributed by atoms with E-state index in [4.69, 9.17) is 4.98 Å². The van der Waals surface area contributed by atoms with Crippen LogP contribution in [-0.4, -0.2) is 22.6 Å². The summed E-state index contributed by atoms with van der Waals surface area (Å²) in [5.41, 5.74) is 3.79. The van der Waals surface area contributed by atoms with Crippen LogP contribution in [0.15, 0.2) is 53.3 Å². The van der Waals surface area contributed by atoms with E-state index in [1.54, 1.807) is 11.3 Å². The second kappa shape index (κ2) is 7.16. The third-order valence-electron chi connectivity index (χ3n) is 5.05. The van der Waals surface area contributed by atoms with Crippen molar-refractivity contribution in [1.29, 1.82) is 0 Å². The predicted molar refractivity (Wildman–Crippen MR) is 116 cm³/mol. The number of aryl methyl sites for hydroxylation is 1. The van der Waals surface area contributed by atoms with Crippen LogP contribution in [0.2, 0.25) is 0 Å². The van der Waals surface area contributed by atoms with E-state index in [0.29, 0.717) is 12.1 Å².